The lowest BCUT2D eigenvalue weighted by atomic mass is 9.88. The standard InChI is InChI=1S/C33H50N2O3/c36-32(34(26-15-5-1-6-16-26)27-17-7-2-8-18-27)25-38-31-24-14-13-23-30(31)33(37)35(28-19-9-3-10-20-28)29-21-11-4-12-22-29/h13-14,23-24,26-29H,1-12,15-22,25H2. The molecule has 0 unspecified atom stereocenters. The van der Waals surface area contributed by atoms with E-state index in [2.05, 4.69) is 9.80 Å². The van der Waals surface area contributed by atoms with Crippen LogP contribution >= 0.6 is 0 Å². The van der Waals surface area contributed by atoms with E-state index in [-0.39, 0.29) is 18.4 Å². The zero-order valence-electron chi connectivity index (χ0n) is 23.6. The zero-order chi connectivity index (χ0) is 26.2. The van der Waals surface area contributed by atoms with Gasteiger partial charge in [0.1, 0.15) is 5.75 Å². The van der Waals surface area contributed by atoms with Crippen LogP contribution in [0.2, 0.25) is 0 Å². The van der Waals surface area contributed by atoms with Gasteiger partial charge in [0.05, 0.1) is 5.56 Å². The second-order valence-electron chi connectivity index (χ2n) is 12.5. The molecular formula is C33H50N2O3. The average molecular weight is 523 g/mol. The quantitative estimate of drug-likeness (QED) is 0.352. The summed E-state index contributed by atoms with van der Waals surface area (Å²) in [6.07, 6.45) is 23.8. The highest BCUT2D eigenvalue weighted by molar-refractivity contribution is 5.97. The summed E-state index contributed by atoms with van der Waals surface area (Å²) in [5, 5.41) is 0. The molecule has 5 nitrogen and oxygen atoms in total. The molecule has 5 heteroatoms. The van der Waals surface area contributed by atoms with Crippen LogP contribution in [0.1, 0.15) is 139 Å². The second-order valence-corrected chi connectivity index (χ2v) is 12.5. The van der Waals surface area contributed by atoms with E-state index in [1.54, 1.807) is 0 Å². The van der Waals surface area contributed by atoms with Crippen molar-refractivity contribution in [3.05, 3.63) is 29.8 Å². The Morgan fingerprint density at radius 2 is 0.974 bits per heavy atom. The van der Waals surface area contributed by atoms with Gasteiger partial charge >= 0.3 is 0 Å². The fraction of sp³-hybridized carbons (Fsp3) is 0.758. The maximum Gasteiger partial charge on any atom is 0.261 e. The topological polar surface area (TPSA) is 49.9 Å². The third-order valence-corrected chi connectivity index (χ3v) is 9.86. The van der Waals surface area contributed by atoms with Gasteiger partial charge in [0.15, 0.2) is 6.61 Å². The number of rotatable bonds is 8. The van der Waals surface area contributed by atoms with Gasteiger partial charge < -0.3 is 14.5 Å². The van der Waals surface area contributed by atoms with Crippen LogP contribution in [-0.2, 0) is 4.79 Å². The fourth-order valence-electron chi connectivity index (χ4n) is 7.89. The normalized spacial score (nSPS) is 22.6. The van der Waals surface area contributed by atoms with E-state index in [1.165, 1.54) is 77.0 Å². The van der Waals surface area contributed by atoms with Crippen molar-refractivity contribution in [2.45, 2.75) is 153 Å². The van der Waals surface area contributed by atoms with Crippen molar-refractivity contribution in [3.8, 4) is 5.75 Å². The molecule has 210 valence electrons. The lowest BCUT2D eigenvalue weighted by molar-refractivity contribution is -0.140. The van der Waals surface area contributed by atoms with Gasteiger partial charge in [-0.2, -0.15) is 0 Å². The molecule has 0 aromatic heterocycles. The van der Waals surface area contributed by atoms with Crippen molar-refractivity contribution < 1.29 is 14.3 Å². The third-order valence-electron chi connectivity index (χ3n) is 9.86. The van der Waals surface area contributed by atoms with Gasteiger partial charge in [-0.15, -0.1) is 0 Å². The van der Waals surface area contributed by atoms with E-state index >= 15 is 0 Å². The van der Waals surface area contributed by atoms with Crippen molar-refractivity contribution in [3.63, 3.8) is 0 Å². The monoisotopic (exact) mass is 522 g/mol. The SMILES string of the molecule is O=C(COc1ccccc1C(=O)N(C1CCCCC1)C1CCCCC1)N(C1CCCCC1)C1CCCCC1. The number of carbonyl (C=O) groups is 2. The molecule has 0 heterocycles. The maximum atomic E-state index is 14.2. The van der Waals surface area contributed by atoms with Gasteiger partial charge in [0.25, 0.3) is 11.8 Å². The van der Waals surface area contributed by atoms with E-state index < -0.39 is 0 Å². The first-order valence-corrected chi connectivity index (χ1v) is 16.1. The van der Waals surface area contributed by atoms with E-state index in [1.807, 2.05) is 24.3 Å². The van der Waals surface area contributed by atoms with Crippen molar-refractivity contribution in [1.82, 2.24) is 9.80 Å². The van der Waals surface area contributed by atoms with Gasteiger partial charge in [-0.3, -0.25) is 9.59 Å². The van der Waals surface area contributed by atoms with Crippen LogP contribution in [0.5, 0.6) is 5.75 Å². The van der Waals surface area contributed by atoms with Crippen LogP contribution in [0.3, 0.4) is 0 Å². The minimum absolute atomic E-state index is 0.0319. The first-order valence-electron chi connectivity index (χ1n) is 16.1. The molecular weight excluding hydrogens is 472 g/mol. The van der Waals surface area contributed by atoms with Gasteiger partial charge in [-0.25, -0.2) is 0 Å². The Morgan fingerprint density at radius 3 is 1.42 bits per heavy atom. The van der Waals surface area contributed by atoms with E-state index in [9.17, 15) is 9.59 Å². The smallest absolute Gasteiger partial charge is 0.261 e. The van der Waals surface area contributed by atoms with E-state index in [0.29, 0.717) is 35.5 Å². The van der Waals surface area contributed by atoms with Gasteiger partial charge in [0, 0.05) is 24.2 Å². The number of hydrogen-bond acceptors (Lipinski definition) is 3. The summed E-state index contributed by atoms with van der Waals surface area (Å²) in [6.45, 7) is 0.0319. The molecule has 0 spiro atoms. The maximum absolute atomic E-state index is 14.2. The molecule has 1 aromatic rings. The summed E-state index contributed by atoms with van der Waals surface area (Å²) in [4.78, 5) is 32.4. The highest BCUT2D eigenvalue weighted by Gasteiger charge is 2.35. The molecule has 0 N–H and O–H groups in total. The molecule has 5 rings (SSSR count). The van der Waals surface area contributed by atoms with Crippen LogP contribution in [-0.4, -0.2) is 52.4 Å². The summed E-state index contributed by atoms with van der Waals surface area (Å²) in [5.74, 6) is 0.806. The number of nitrogens with zero attached hydrogens (tertiary/aromatic N) is 2. The molecule has 0 saturated heterocycles. The molecule has 0 aliphatic heterocycles. The Balaban J connectivity index is 1.31. The Hall–Kier alpha value is -2.04. The molecule has 0 radical (unpaired) electrons. The molecule has 4 aliphatic carbocycles. The van der Waals surface area contributed by atoms with Crippen molar-refractivity contribution in [2.75, 3.05) is 6.61 Å². The van der Waals surface area contributed by atoms with Crippen LogP contribution in [0.25, 0.3) is 0 Å². The Kier molecular flexibility index (Phi) is 10.0. The lowest BCUT2D eigenvalue weighted by Crippen LogP contribution is -2.50. The average Bonchev–Trinajstić information content (AvgIpc) is 2.99. The van der Waals surface area contributed by atoms with Crippen molar-refractivity contribution in [2.24, 2.45) is 0 Å². The van der Waals surface area contributed by atoms with Crippen molar-refractivity contribution in [1.29, 1.82) is 0 Å². The summed E-state index contributed by atoms with van der Waals surface area (Å²) in [7, 11) is 0. The minimum Gasteiger partial charge on any atom is -0.483 e. The fourth-order valence-corrected chi connectivity index (χ4v) is 7.89. The van der Waals surface area contributed by atoms with Crippen LogP contribution in [0.15, 0.2) is 24.3 Å². The molecule has 0 atom stereocenters. The van der Waals surface area contributed by atoms with E-state index in [4.69, 9.17) is 4.74 Å². The minimum atomic E-state index is 0.0319. The second kappa shape index (κ2) is 13.8. The Morgan fingerprint density at radius 1 is 0.579 bits per heavy atom. The van der Waals surface area contributed by atoms with E-state index in [0.717, 1.165) is 51.4 Å². The third kappa shape index (κ3) is 6.74. The Labute approximate surface area is 230 Å². The molecule has 2 amide bonds. The number of amides is 2. The lowest BCUT2D eigenvalue weighted by Gasteiger charge is -2.42. The highest BCUT2D eigenvalue weighted by Crippen LogP contribution is 2.34. The summed E-state index contributed by atoms with van der Waals surface area (Å²) < 4.78 is 6.27. The molecule has 0 bridgehead atoms. The van der Waals surface area contributed by atoms with Crippen LogP contribution in [0, 0.1) is 0 Å². The molecule has 4 fully saturated rings. The number of ether oxygens (including phenoxy) is 1. The first-order chi connectivity index (χ1) is 18.7. The largest absolute Gasteiger partial charge is 0.483 e. The Bertz CT molecular complexity index is 857. The highest BCUT2D eigenvalue weighted by atomic mass is 16.5. The van der Waals surface area contributed by atoms with Gasteiger partial charge in [0.2, 0.25) is 0 Å². The molecule has 1 aromatic carbocycles. The summed E-state index contributed by atoms with van der Waals surface area (Å²) in [5.41, 5.74) is 0.637. The molecule has 4 aliphatic rings. The number of benzene rings is 1. The number of hydrogen-bond donors (Lipinski definition) is 0. The number of para-hydroxylation sites is 1. The molecule has 38 heavy (non-hydrogen) atoms. The van der Waals surface area contributed by atoms with Crippen LogP contribution in [0.4, 0.5) is 0 Å². The summed E-state index contributed by atoms with van der Waals surface area (Å²) >= 11 is 0. The summed E-state index contributed by atoms with van der Waals surface area (Å²) in [6, 6.07) is 9.07. The van der Waals surface area contributed by atoms with Crippen molar-refractivity contribution >= 4 is 11.8 Å². The first kappa shape index (κ1) is 27.5. The predicted molar refractivity (Wildman–Crippen MR) is 152 cm³/mol. The predicted octanol–water partition coefficient (Wildman–Crippen LogP) is 7.67. The van der Waals surface area contributed by atoms with Gasteiger partial charge in [-0.05, 0) is 63.5 Å². The zero-order valence-corrected chi connectivity index (χ0v) is 23.6. The number of carbonyl (C=O) groups excluding carboxylic acids is 2. The molecule has 4 saturated carbocycles. The van der Waals surface area contributed by atoms with Crippen LogP contribution < -0.4 is 4.74 Å². The van der Waals surface area contributed by atoms with Gasteiger partial charge in [-0.1, -0.05) is 89.2 Å².